The van der Waals surface area contributed by atoms with Gasteiger partial charge in [-0.2, -0.15) is 13.2 Å². The Morgan fingerprint density at radius 3 is 2.58 bits per heavy atom. The van der Waals surface area contributed by atoms with Crippen molar-refractivity contribution in [3.8, 4) is 0 Å². The summed E-state index contributed by atoms with van der Waals surface area (Å²) in [4.78, 5) is 26.7. The maximum atomic E-state index is 13.9. The Hall–Kier alpha value is -3.22. The van der Waals surface area contributed by atoms with E-state index in [1.54, 1.807) is 17.0 Å². The maximum absolute atomic E-state index is 13.9. The Kier molecular flexibility index (Phi) is 7.69. The summed E-state index contributed by atoms with van der Waals surface area (Å²) in [5, 5.41) is 0. The van der Waals surface area contributed by atoms with Gasteiger partial charge in [0.15, 0.2) is 15.5 Å². The molecule has 1 aliphatic rings. The Morgan fingerprint density at radius 1 is 1.21 bits per heavy atom. The fourth-order valence-electron chi connectivity index (χ4n) is 4.67. The van der Waals surface area contributed by atoms with E-state index < -0.39 is 39.3 Å². The molecule has 0 radical (unpaired) electrons. The molecule has 1 aromatic carbocycles. The molecule has 0 bridgehead atoms. The molecule has 1 unspecified atom stereocenters. The average molecular weight is 554 g/mol. The van der Waals surface area contributed by atoms with Gasteiger partial charge in [-0.3, -0.25) is 0 Å². The van der Waals surface area contributed by atoms with Crippen LogP contribution in [-0.4, -0.2) is 53.3 Å². The van der Waals surface area contributed by atoms with Crippen molar-refractivity contribution in [2.75, 3.05) is 24.3 Å². The highest BCUT2D eigenvalue weighted by Gasteiger charge is 2.40. The smallest absolute Gasteiger partial charge is 0.434 e. The minimum Gasteiger partial charge on any atom is -0.462 e. The number of carbonyl (C=O) groups is 1. The second-order valence-electron chi connectivity index (χ2n) is 9.73. The first kappa shape index (κ1) is 27.8. The van der Waals surface area contributed by atoms with E-state index in [-0.39, 0.29) is 24.0 Å². The van der Waals surface area contributed by atoms with Gasteiger partial charge in [0.1, 0.15) is 11.4 Å². The summed E-state index contributed by atoms with van der Waals surface area (Å²) in [7, 11) is -3.44. The molecule has 13 heteroatoms. The molecular formula is C25H30F3N5O4S. The summed E-state index contributed by atoms with van der Waals surface area (Å²) in [6.07, 6.45) is -0.635. The number of rotatable bonds is 8. The van der Waals surface area contributed by atoms with Gasteiger partial charge < -0.3 is 14.2 Å². The number of hydrogen-bond donors (Lipinski definition) is 0. The largest absolute Gasteiger partial charge is 0.462 e. The zero-order chi connectivity index (χ0) is 27.8. The second-order valence-corrected chi connectivity index (χ2v) is 11.7. The van der Waals surface area contributed by atoms with Gasteiger partial charge in [-0.25, -0.2) is 28.2 Å². The molecule has 0 saturated heterocycles. The van der Waals surface area contributed by atoms with Crippen LogP contribution in [0, 0.1) is 5.92 Å². The summed E-state index contributed by atoms with van der Waals surface area (Å²) in [6, 6.07) is 4.26. The number of imidazole rings is 1. The Labute approximate surface area is 219 Å². The molecule has 0 saturated carbocycles. The van der Waals surface area contributed by atoms with E-state index in [2.05, 4.69) is 23.8 Å². The number of anilines is 1. The highest BCUT2D eigenvalue weighted by molar-refractivity contribution is 7.90. The molecule has 4 rings (SSSR count). The van der Waals surface area contributed by atoms with Crippen molar-refractivity contribution in [1.82, 2.24) is 19.5 Å². The van der Waals surface area contributed by atoms with Crippen LogP contribution in [-0.2, 0) is 27.3 Å². The van der Waals surface area contributed by atoms with Gasteiger partial charge in [-0.15, -0.1) is 0 Å². The molecule has 2 aromatic heterocycles. The second kappa shape index (κ2) is 10.5. The number of halogens is 3. The van der Waals surface area contributed by atoms with E-state index in [0.29, 0.717) is 35.7 Å². The summed E-state index contributed by atoms with van der Waals surface area (Å²) in [6.45, 7) is 6.20. The van der Waals surface area contributed by atoms with Gasteiger partial charge in [0, 0.05) is 25.5 Å². The van der Waals surface area contributed by atoms with Gasteiger partial charge >= 0.3 is 12.1 Å². The van der Waals surface area contributed by atoms with Gasteiger partial charge in [0.2, 0.25) is 5.95 Å². The van der Waals surface area contributed by atoms with Gasteiger partial charge in [-0.05, 0) is 37.5 Å². The zero-order valence-corrected chi connectivity index (χ0v) is 22.4. The molecule has 0 spiro atoms. The molecule has 9 nitrogen and oxygen atoms in total. The lowest BCUT2D eigenvalue weighted by molar-refractivity contribution is -0.141. The van der Waals surface area contributed by atoms with Crippen LogP contribution in [0.4, 0.5) is 19.1 Å². The predicted molar refractivity (Wildman–Crippen MR) is 135 cm³/mol. The quantitative estimate of drug-likeness (QED) is 0.366. The third kappa shape index (κ3) is 5.62. The number of ether oxygens (including phenoxy) is 1. The molecule has 206 valence electrons. The standard InChI is InChI=1S/C25H30F3N5O4S/c1-5-37-23(34)17-14-29-24(31-21(17)25(26,27)28)33-12-11-32-20-13-16(38(4,35)36)9-10-18(20)30-22(32)19(33)8-6-7-15(2)3/h9-10,13-15,19H,5-8,11-12H2,1-4H3. The number of benzene rings is 1. The van der Waals surface area contributed by atoms with Crippen molar-refractivity contribution in [3.05, 3.63) is 41.5 Å². The Bertz CT molecular complexity index is 1450. The number of hydrogen-bond acceptors (Lipinski definition) is 8. The molecule has 1 aliphatic heterocycles. The minimum atomic E-state index is -4.89. The van der Waals surface area contributed by atoms with Crippen LogP contribution < -0.4 is 4.90 Å². The maximum Gasteiger partial charge on any atom is 0.434 e. The van der Waals surface area contributed by atoms with Crippen molar-refractivity contribution < 1.29 is 31.1 Å². The van der Waals surface area contributed by atoms with E-state index in [4.69, 9.17) is 9.72 Å². The highest BCUT2D eigenvalue weighted by Crippen LogP contribution is 2.37. The summed E-state index contributed by atoms with van der Waals surface area (Å²) in [5.74, 6) is -0.260. The molecule has 0 amide bonds. The van der Waals surface area contributed by atoms with Crippen molar-refractivity contribution in [3.63, 3.8) is 0 Å². The number of carbonyl (C=O) groups excluding carboxylic acids is 1. The molecule has 0 N–H and O–H groups in total. The number of fused-ring (bicyclic) bond motifs is 3. The predicted octanol–water partition coefficient (Wildman–Crippen LogP) is 4.81. The van der Waals surface area contributed by atoms with Gasteiger partial charge in [-0.1, -0.05) is 26.7 Å². The van der Waals surface area contributed by atoms with Crippen LogP contribution in [0.3, 0.4) is 0 Å². The summed E-state index contributed by atoms with van der Waals surface area (Å²) >= 11 is 0. The molecule has 38 heavy (non-hydrogen) atoms. The normalized spacial score (nSPS) is 16.2. The number of sulfone groups is 1. The monoisotopic (exact) mass is 553 g/mol. The molecule has 1 atom stereocenters. The van der Waals surface area contributed by atoms with E-state index >= 15 is 0 Å². The highest BCUT2D eigenvalue weighted by atomic mass is 32.2. The number of esters is 1. The first-order valence-electron chi connectivity index (χ1n) is 12.4. The number of nitrogens with zero attached hydrogens (tertiary/aromatic N) is 5. The first-order chi connectivity index (χ1) is 17.8. The van der Waals surface area contributed by atoms with Crippen LogP contribution >= 0.6 is 0 Å². The number of aromatic nitrogens is 4. The van der Waals surface area contributed by atoms with Crippen LogP contribution in [0.5, 0.6) is 0 Å². The fourth-order valence-corrected chi connectivity index (χ4v) is 5.31. The van der Waals surface area contributed by atoms with E-state index in [9.17, 15) is 26.4 Å². The molecule has 0 fully saturated rings. The zero-order valence-electron chi connectivity index (χ0n) is 21.6. The van der Waals surface area contributed by atoms with Crippen LogP contribution in [0.15, 0.2) is 29.3 Å². The number of alkyl halides is 3. The van der Waals surface area contributed by atoms with Crippen LogP contribution in [0.1, 0.15) is 68.0 Å². The van der Waals surface area contributed by atoms with Crippen molar-refractivity contribution in [2.24, 2.45) is 5.92 Å². The van der Waals surface area contributed by atoms with E-state index in [0.717, 1.165) is 25.3 Å². The lowest BCUT2D eigenvalue weighted by Gasteiger charge is -2.36. The summed E-state index contributed by atoms with van der Waals surface area (Å²) < 4.78 is 72.7. The third-order valence-electron chi connectivity index (χ3n) is 6.47. The first-order valence-corrected chi connectivity index (χ1v) is 14.3. The molecule has 3 heterocycles. The van der Waals surface area contributed by atoms with Crippen molar-refractivity contribution >= 4 is 32.8 Å². The Balaban J connectivity index is 1.80. The van der Waals surface area contributed by atoms with Gasteiger partial charge in [0.05, 0.1) is 28.6 Å². The molecule has 3 aromatic rings. The van der Waals surface area contributed by atoms with Crippen LogP contribution in [0.2, 0.25) is 0 Å². The van der Waals surface area contributed by atoms with Crippen molar-refractivity contribution in [1.29, 1.82) is 0 Å². The SMILES string of the molecule is CCOC(=O)c1cnc(N2CCn3c(nc4ccc(S(C)(=O)=O)cc43)C2CCCC(C)C)nc1C(F)(F)F. The minimum absolute atomic E-state index is 0.0841. The lowest BCUT2D eigenvalue weighted by Crippen LogP contribution is -2.40. The van der Waals surface area contributed by atoms with E-state index in [1.807, 2.05) is 4.57 Å². The topological polar surface area (TPSA) is 107 Å². The Morgan fingerprint density at radius 2 is 1.95 bits per heavy atom. The van der Waals surface area contributed by atoms with Gasteiger partial charge in [0.25, 0.3) is 0 Å². The lowest BCUT2D eigenvalue weighted by atomic mass is 10.0. The van der Waals surface area contributed by atoms with Crippen LogP contribution in [0.25, 0.3) is 11.0 Å². The third-order valence-corrected chi connectivity index (χ3v) is 7.58. The van der Waals surface area contributed by atoms with Crippen molar-refractivity contribution in [2.45, 2.75) is 63.7 Å². The average Bonchev–Trinajstić information content (AvgIpc) is 3.21. The molecule has 0 aliphatic carbocycles. The van der Waals surface area contributed by atoms with E-state index in [1.165, 1.54) is 13.0 Å². The molecular weight excluding hydrogens is 523 g/mol. The fraction of sp³-hybridized carbons (Fsp3) is 0.520. The summed E-state index contributed by atoms with van der Waals surface area (Å²) in [5.41, 5.74) is -0.848.